The van der Waals surface area contributed by atoms with E-state index in [0.29, 0.717) is 6.54 Å². The van der Waals surface area contributed by atoms with Gasteiger partial charge in [0.05, 0.1) is 9.95 Å². The first-order valence-corrected chi connectivity index (χ1v) is 5.36. The van der Waals surface area contributed by atoms with Crippen molar-refractivity contribution in [1.29, 1.82) is 0 Å². The summed E-state index contributed by atoms with van der Waals surface area (Å²) in [6.45, 7) is 1.56. The molecule has 0 saturated carbocycles. The Morgan fingerprint density at radius 3 is 3.00 bits per heavy atom. The Labute approximate surface area is 97.5 Å². The van der Waals surface area contributed by atoms with Crippen LogP contribution >= 0.6 is 11.6 Å². The van der Waals surface area contributed by atoms with E-state index in [1.807, 2.05) is 0 Å². The van der Waals surface area contributed by atoms with Gasteiger partial charge in [0.25, 0.3) is 0 Å². The van der Waals surface area contributed by atoms with Gasteiger partial charge in [0.15, 0.2) is 0 Å². The number of para-hydroxylation sites is 1. The van der Waals surface area contributed by atoms with Gasteiger partial charge in [-0.2, -0.15) is 0 Å². The molecule has 1 aliphatic rings. The molecule has 0 unspecified atom stereocenters. The standard InChI is InChI=1S/C10H11ClN2O3/c11-8-2-1-3-9(13(14)15)10(8)16-7-4-5-12-6-7/h1-3,7,12H,4-6H2/t7-/m1/s1. The summed E-state index contributed by atoms with van der Waals surface area (Å²) >= 11 is 5.90. The molecule has 1 fully saturated rings. The number of nitrogens with one attached hydrogen (secondary N) is 1. The van der Waals surface area contributed by atoms with E-state index >= 15 is 0 Å². The largest absolute Gasteiger partial charge is 0.481 e. The zero-order valence-electron chi connectivity index (χ0n) is 8.48. The lowest BCUT2D eigenvalue weighted by molar-refractivity contribution is -0.386. The van der Waals surface area contributed by atoms with Crippen molar-refractivity contribution in [1.82, 2.24) is 5.32 Å². The molecule has 1 N–H and O–H groups in total. The molecule has 6 heteroatoms. The van der Waals surface area contributed by atoms with Gasteiger partial charge < -0.3 is 10.1 Å². The van der Waals surface area contributed by atoms with Gasteiger partial charge in [-0.1, -0.05) is 17.7 Å². The number of hydrogen-bond acceptors (Lipinski definition) is 4. The molecule has 1 aliphatic heterocycles. The summed E-state index contributed by atoms with van der Waals surface area (Å²) < 4.78 is 5.56. The van der Waals surface area contributed by atoms with Crippen LogP contribution in [0, 0.1) is 10.1 Å². The van der Waals surface area contributed by atoms with Crippen molar-refractivity contribution >= 4 is 17.3 Å². The van der Waals surface area contributed by atoms with Crippen LogP contribution in [0.5, 0.6) is 5.75 Å². The fraction of sp³-hybridized carbons (Fsp3) is 0.400. The number of rotatable bonds is 3. The molecule has 1 heterocycles. The lowest BCUT2D eigenvalue weighted by atomic mass is 10.2. The molecule has 1 saturated heterocycles. The van der Waals surface area contributed by atoms with Gasteiger partial charge in [-0.25, -0.2) is 0 Å². The second-order valence-electron chi connectivity index (χ2n) is 3.58. The molecule has 0 aromatic heterocycles. The summed E-state index contributed by atoms with van der Waals surface area (Å²) in [5, 5.41) is 14.2. The Morgan fingerprint density at radius 1 is 1.56 bits per heavy atom. The smallest absolute Gasteiger partial charge is 0.312 e. The summed E-state index contributed by atoms with van der Waals surface area (Å²) in [4.78, 5) is 10.3. The molecule has 0 amide bonds. The minimum absolute atomic E-state index is 0.0430. The summed E-state index contributed by atoms with van der Waals surface area (Å²) in [6.07, 6.45) is 0.793. The number of nitro groups is 1. The molecule has 86 valence electrons. The number of nitro benzene ring substituents is 1. The topological polar surface area (TPSA) is 64.4 Å². The summed E-state index contributed by atoms with van der Waals surface area (Å²) in [7, 11) is 0. The average molecular weight is 243 g/mol. The van der Waals surface area contributed by atoms with Crippen LogP contribution in [0.15, 0.2) is 18.2 Å². The van der Waals surface area contributed by atoms with Crippen LogP contribution in [0.2, 0.25) is 5.02 Å². The van der Waals surface area contributed by atoms with E-state index in [0.717, 1.165) is 13.0 Å². The van der Waals surface area contributed by atoms with Gasteiger partial charge in [0.1, 0.15) is 6.10 Å². The molecule has 16 heavy (non-hydrogen) atoms. The third-order valence-electron chi connectivity index (χ3n) is 2.44. The van der Waals surface area contributed by atoms with Crippen molar-refractivity contribution < 1.29 is 9.66 Å². The van der Waals surface area contributed by atoms with Crippen molar-refractivity contribution in [2.75, 3.05) is 13.1 Å². The van der Waals surface area contributed by atoms with E-state index in [1.165, 1.54) is 6.07 Å². The van der Waals surface area contributed by atoms with Crippen molar-refractivity contribution in [2.24, 2.45) is 0 Å². The number of nitrogens with zero attached hydrogens (tertiary/aromatic N) is 1. The fourth-order valence-corrected chi connectivity index (χ4v) is 1.87. The second kappa shape index (κ2) is 4.67. The number of halogens is 1. The van der Waals surface area contributed by atoms with E-state index < -0.39 is 4.92 Å². The molecule has 2 rings (SSSR count). The monoisotopic (exact) mass is 242 g/mol. The fourth-order valence-electron chi connectivity index (χ4n) is 1.65. The highest BCUT2D eigenvalue weighted by Gasteiger charge is 2.23. The highest BCUT2D eigenvalue weighted by atomic mass is 35.5. The van der Waals surface area contributed by atoms with E-state index in [4.69, 9.17) is 16.3 Å². The van der Waals surface area contributed by atoms with E-state index in [1.54, 1.807) is 12.1 Å². The van der Waals surface area contributed by atoms with Crippen LogP contribution in [0.25, 0.3) is 0 Å². The molecule has 0 spiro atoms. The minimum Gasteiger partial charge on any atom is -0.481 e. The first-order valence-electron chi connectivity index (χ1n) is 4.99. The summed E-state index contributed by atoms with van der Waals surface area (Å²) in [5.74, 6) is 0.169. The van der Waals surface area contributed by atoms with Gasteiger partial charge in [0.2, 0.25) is 5.75 Å². The van der Waals surface area contributed by atoms with Gasteiger partial charge in [0, 0.05) is 12.6 Å². The first kappa shape index (κ1) is 11.2. The Bertz CT molecular complexity index is 405. The molecule has 0 bridgehead atoms. The highest BCUT2D eigenvalue weighted by molar-refractivity contribution is 6.32. The Morgan fingerprint density at radius 2 is 2.38 bits per heavy atom. The third kappa shape index (κ3) is 2.25. The van der Waals surface area contributed by atoms with Crippen LogP contribution in [-0.2, 0) is 0 Å². The highest BCUT2D eigenvalue weighted by Crippen LogP contribution is 2.35. The zero-order chi connectivity index (χ0) is 11.5. The van der Waals surface area contributed by atoms with Crippen molar-refractivity contribution in [3.8, 4) is 5.75 Å². The molecular formula is C10H11ClN2O3. The lowest BCUT2D eigenvalue weighted by Crippen LogP contribution is -2.20. The second-order valence-corrected chi connectivity index (χ2v) is 3.99. The maximum atomic E-state index is 10.8. The van der Waals surface area contributed by atoms with Crippen LogP contribution < -0.4 is 10.1 Å². The minimum atomic E-state index is -0.483. The lowest BCUT2D eigenvalue weighted by Gasteiger charge is -2.13. The molecular weight excluding hydrogens is 232 g/mol. The maximum Gasteiger partial charge on any atom is 0.312 e. The number of ether oxygens (including phenoxy) is 1. The Balaban J connectivity index is 2.26. The Kier molecular flexibility index (Phi) is 3.26. The van der Waals surface area contributed by atoms with Crippen molar-refractivity contribution in [3.05, 3.63) is 33.3 Å². The number of benzene rings is 1. The zero-order valence-corrected chi connectivity index (χ0v) is 9.24. The molecule has 0 aliphatic carbocycles. The summed E-state index contributed by atoms with van der Waals surface area (Å²) in [6, 6.07) is 4.52. The predicted octanol–water partition coefficient (Wildman–Crippen LogP) is 1.99. The molecule has 5 nitrogen and oxygen atoms in total. The van der Waals surface area contributed by atoms with Crippen LogP contribution in [0.4, 0.5) is 5.69 Å². The third-order valence-corrected chi connectivity index (χ3v) is 2.74. The molecule has 0 radical (unpaired) electrons. The van der Waals surface area contributed by atoms with E-state index in [2.05, 4.69) is 5.32 Å². The van der Waals surface area contributed by atoms with E-state index in [-0.39, 0.29) is 22.6 Å². The molecule has 1 atom stereocenters. The van der Waals surface area contributed by atoms with Crippen LogP contribution in [-0.4, -0.2) is 24.1 Å². The van der Waals surface area contributed by atoms with Gasteiger partial charge >= 0.3 is 5.69 Å². The van der Waals surface area contributed by atoms with Gasteiger partial charge in [-0.3, -0.25) is 10.1 Å². The van der Waals surface area contributed by atoms with Gasteiger partial charge in [-0.15, -0.1) is 0 Å². The maximum absolute atomic E-state index is 10.8. The molecule has 1 aromatic carbocycles. The normalized spacial score (nSPS) is 19.7. The average Bonchev–Trinajstić information content (AvgIpc) is 2.73. The Hall–Kier alpha value is -1.33. The number of hydrogen-bond donors (Lipinski definition) is 1. The quantitative estimate of drug-likeness (QED) is 0.650. The van der Waals surface area contributed by atoms with Crippen molar-refractivity contribution in [3.63, 3.8) is 0 Å². The molecule has 1 aromatic rings. The first-order chi connectivity index (χ1) is 7.68. The van der Waals surface area contributed by atoms with Crippen molar-refractivity contribution in [2.45, 2.75) is 12.5 Å². The van der Waals surface area contributed by atoms with Gasteiger partial charge in [-0.05, 0) is 19.0 Å². The SMILES string of the molecule is O=[N+]([O-])c1cccc(Cl)c1O[C@@H]1CCNC1. The predicted molar refractivity (Wildman–Crippen MR) is 60.0 cm³/mol. The van der Waals surface area contributed by atoms with Crippen LogP contribution in [0.1, 0.15) is 6.42 Å². The van der Waals surface area contributed by atoms with Crippen LogP contribution in [0.3, 0.4) is 0 Å². The van der Waals surface area contributed by atoms with E-state index in [9.17, 15) is 10.1 Å². The summed E-state index contributed by atoms with van der Waals surface area (Å²) in [5.41, 5.74) is -0.0839.